The van der Waals surface area contributed by atoms with E-state index in [1.807, 2.05) is 35.9 Å². The summed E-state index contributed by atoms with van der Waals surface area (Å²) in [5.74, 6) is 1.97. The number of thiophene rings is 1. The van der Waals surface area contributed by atoms with Crippen molar-refractivity contribution in [2.75, 3.05) is 18.2 Å². The Morgan fingerprint density at radius 1 is 1.28 bits per heavy atom. The second-order valence-electron chi connectivity index (χ2n) is 5.75. The number of hydrogen-bond donors (Lipinski definition) is 1. The molecule has 0 saturated carbocycles. The summed E-state index contributed by atoms with van der Waals surface area (Å²) in [7, 11) is 1.64. The zero-order chi connectivity index (χ0) is 17.4. The molecule has 0 bridgehead atoms. The molecule has 1 atom stereocenters. The highest BCUT2D eigenvalue weighted by molar-refractivity contribution is 8.00. The molecule has 1 aliphatic rings. The largest absolute Gasteiger partial charge is 0.497 e. The van der Waals surface area contributed by atoms with Crippen molar-refractivity contribution in [1.82, 2.24) is 9.78 Å². The van der Waals surface area contributed by atoms with Crippen LogP contribution in [0, 0.1) is 6.92 Å². The number of aromatic nitrogens is 2. The molecule has 1 aromatic carbocycles. The van der Waals surface area contributed by atoms with Crippen molar-refractivity contribution >= 4 is 34.8 Å². The number of fused-ring (bicyclic) bond motifs is 1. The highest BCUT2D eigenvalue weighted by atomic mass is 32.2. The number of ether oxygens (including phenoxy) is 1. The van der Waals surface area contributed by atoms with Crippen LogP contribution < -0.4 is 10.1 Å². The Kier molecular flexibility index (Phi) is 4.27. The second-order valence-corrected chi connectivity index (χ2v) is 7.63. The summed E-state index contributed by atoms with van der Waals surface area (Å²) in [6.45, 7) is 2.00. The predicted molar refractivity (Wildman–Crippen MR) is 102 cm³/mol. The lowest BCUT2D eigenvalue weighted by atomic mass is 10.1. The van der Waals surface area contributed by atoms with Crippen LogP contribution in [0.1, 0.15) is 22.1 Å². The molecule has 0 spiro atoms. The number of nitrogens with one attached hydrogen (secondary N) is 1. The SMILES string of the molecule is COc1ccc(-n2nc(C)c3c2NC(=O)CS[C@@H]3c2ccsc2)cc1. The molecule has 0 radical (unpaired) electrons. The Balaban J connectivity index is 1.85. The predicted octanol–water partition coefficient (Wildman–Crippen LogP) is 4.03. The maximum absolute atomic E-state index is 12.3. The highest BCUT2D eigenvalue weighted by Gasteiger charge is 2.30. The molecule has 25 heavy (non-hydrogen) atoms. The van der Waals surface area contributed by atoms with Gasteiger partial charge in [-0.3, -0.25) is 4.79 Å². The molecule has 0 fully saturated rings. The van der Waals surface area contributed by atoms with Gasteiger partial charge in [0.15, 0.2) is 0 Å². The highest BCUT2D eigenvalue weighted by Crippen LogP contribution is 2.44. The molecule has 2 aromatic heterocycles. The summed E-state index contributed by atoms with van der Waals surface area (Å²) in [5, 5.41) is 12.1. The first-order chi connectivity index (χ1) is 12.2. The third kappa shape index (κ3) is 2.94. The number of methoxy groups -OCH3 is 1. The Bertz CT molecular complexity index is 901. The van der Waals surface area contributed by atoms with Crippen molar-refractivity contribution < 1.29 is 9.53 Å². The summed E-state index contributed by atoms with van der Waals surface area (Å²) in [5.41, 5.74) is 4.10. The number of thioether (sulfide) groups is 1. The average molecular weight is 371 g/mol. The molecule has 0 unspecified atom stereocenters. The van der Waals surface area contributed by atoms with Crippen LogP contribution in [0.2, 0.25) is 0 Å². The fourth-order valence-electron chi connectivity index (χ4n) is 2.98. The number of anilines is 1. The van der Waals surface area contributed by atoms with E-state index in [1.165, 1.54) is 5.56 Å². The van der Waals surface area contributed by atoms with E-state index in [1.54, 1.807) is 30.2 Å². The third-order valence-corrected chi connectivity index (χ3v) is 6.14. The molecule has 1 N–H and O–H groups in total. The molecule has 4 rings (SSSR count). The van der Waals surface area contributed by atoms with Gasteiger partial charge in [-0.25, -0.2) is 4.68 Å². The summed E-state index contributed by atoms with van der Waals surface area (Å²) < 4.78 is 7.04. The van der Waals surface area contributed by atoms with Crippen LogP contribution in [-0.4, -0.2) is 28.6 Å². The smallest absolute Gasteiger partial charge is 0.235 e. The molecular weight excluding hydrogens is 354 g/mol. The minimum atomic E-state index is -0.00126. The second kappa shape index (κ2) is 6.57. The van der Waals surface area contributed by atoms with Gasteiger partial charge in [0.25, 0.3) is 0 Å². The summed E-state index contributed by atoms with van der Waals surface area (Å²) >= 11 is 3.31. The van der Waals surface area contributed by atoms with Crippen LogP contribution in [0.3, 0.4) is 0 Å². The minimum absolute atomic E-state index is 0.00126. The van der Waals surface area contributed by atoms with Crippen molar-refractivity contribution in [2.24, 2.45) is 0 Å². The Morgan fingerprint density at radius 2 is 2.08 bits per heavy atom. The van der Waals surface area contributed by atoms with E-state index in [9.17, 15) is 4.79 Å². The van der Waals surface area contributed by atoms with E-state index >= 15 is 0 Å². The van der Waals surface area contributed by atoms with Gasteiger partial charge in [0.2, 0.25) is 5.91 Å². The molecule has 0 aliphatic carbocycles. The fourth-order valence-corrected chi connectivity index (χ4v) is 4.93. The van der Waals surface area contributed by atoms with Crippen molar-refractivity contribution in [3.63, 3.8) is 0 Å². The number of carbonyl (C=O) groups excluding carboxylic acids is 1. The van der Waals surface area contributed by atoms with Crippen molar-refractivity contribution in [3.8, 4) is 11.4 Å². The molecule has 128 valence electrons. The zero-order valence-corrected chi connectivity index (χ0v) is 15.5. The van der Waals surface area contributed by atoms with E-state index in [2.05, 4.69) is 22.1 Å². The number of benzene rings is 1. The van der Waals surface area contributed by atoms with Gasteiger partial charge < -0.3 is 10.1 Å². The standard InChI is InChI=1S/C18H17N3O2S2/c1-11-16-17(12-7-8-24-9-12)25-10-15(22)19-18(16)21(20-11)13-3-5-14(23-2)6-4-13/h3-9,17H,10H2,1-2H3,(H,19,22)/t17-/m1/s1. The number of amides is 1. The first-order valence-corrected chi connectivity index (χ1v) is 9.84. The number of carbonyl (C=O) groups is 1. The molecule has 3 heterocycles. The van der Waals surface area contributed by atoms with Crippen LogP contribution in [0.5, 0.6) is 5.75 Å². The summed E-state index contributed by atoms with van der Waals surface area (Å²) in [6, 6.07) is 9.78. The van der Waals surface area contributed by atoms with Crippen LogP contribution in [-0.2, 0) is 4.79 Å². The lowest BCUT2D eigenvalue weighted by Crippen LogP contribution is -2.15. The zero-order valence-electron chi connectivity index (χ0n) is 13.9. The minimum Gasteiger partial charge on any atom is -0.497 e. The van der Waals surface area contributed by atoms with E-state index in [4.69, 9.17) is 9.84 Å². The molecule has 5 nitrogen and oxygen atoms in total. The van der Waals surface area contributed by atoms with Crippen LogP contribution in [0.4, 0.5) is 5.82 Å². The van der Waals surface area contributed by atoms with Crippen LogP contribution in [0.25, 0.3) is 5.69 Å². The third-order valence-electron chi connectivity index (χ3n) is 4.17. The number of aryl methyl sites for hydroxylation is 1. The van der Waals surface area contributed by atoms with Crippen LogP contribution in [0.15, 0.2) is 41.1 Å². The normalized spacial score (nSPS) is 16.9. The quantitative estimate of drug-likeness (QED) is 0.755. The van der Waals surface area contributed by atoms with Gasteiger partial charge in [0, 0.05) is 5.56 Å². The van der Waals surface area contributed by atoms with E-state index in [0.29, 0.717) is 5.75 Å². The summed E-state index contributed by atoms with van der Waals surface area (Å²) in [6.07, 6.45) is 0. The first-order valence-electron chi connectivity index (χ1n) is 7.85. The van der Waals surface area contributed by atoms with Gasteiger partial charge in [-0.2, -0.15) is 16.4 Å². The molecule has 1 aliphatic heterocycles. The molecule has 1 amide bonds. The number of nitrogens with zero attached hydrogens (tertiary/aromatic N) is 2. The van der Waals surface area contributed by atoms with E-state index in [0.717, 1.165) is 28.5 Å². The van der Waals surface area contributed by atoms with Gasteiger partial charge in [0.1, 0.15) is 11.6 Å². The van der Waals surface area contributed by atoms with Gasteiger partial charge in [-0.15, -0.1) is 11.8 Å². The molecule has 0 saturated heterocycles. The maximum Gasteiger partial charge on any atom is 0.235 e. The molecular formula is C18H17N3O2S2. The van der Waals surface area contributed by atoms with Crippen LogP contribution >= 0.6 is 23.1 Å². The average Bonchev–Trinajstić information content (AvgIpc) is 3.22. The maximum atomic E-state index is 12.3. The van der Waals surface area contributed by atoms with Crippen molar-refractivity contribution in [3.05, 3.63) is 57.9 Å². The lowest BCUT2D eigenvalue weighted by molar-refractivity contribution is -0.113. The van der Waals surface area contributed by atoms with E-state index < -0.39 is 0 Å². The first kappa shape index (κ1) is 16.2. The van der Waals surface area contributed by atoms with Gasteiger partial charge >= 0.3 is 0 Å². The Morgan fingerprint density at radius 3 is 2.76 bits per heavy atom. The van der Waals surface area contributed by atoms with Gasteiger partial charge in [0.05, 0.1) is 29.5 Å². The van der Waals surface area contributed by atoms with Crippen molar-refractivity contribution in [2.45, 2.75) is 12.2 Å². The monoisotopic (exact) mass is 371 g/mol. The van der Waals surface area contributed by atoms with E-state index in [-0.39, 0.29) is 11.2 Å². The molecule has 7 heteroatoms. The van der Waals surface area contributed by atoms with Gasteiger partial charge in [-0.05, 0) is 53.6 Å². The lowest BCUT2D eigenvalue weighted by Gasteiger charge is -2.13. The van der Waals surface area contributed by atoms with Gasteiger partial charge in [-0.1, -0.05) is 0 Å². The summed E-state index contributed by atoms with van der Waals surface area (Å²) in [4.78, 5) is 12.3. The molecule has 3 aromatic rings. The number of rotatable bonds is 3. The Labute approximate surface area is 154 Å². The fraction of sp³-hybridized carbons (Fsp3) is 0.222. The number of hydrogen-bond acceptors (Lipinski definition) is 5. The topological polar surface area (TPSA) is 56.1 Å². The Hall–Kier alpha value is -2.25. The van der Waals surface area contributed by atoms with Crippen molar-refractivity contribution in [1.29, 1.82) is 0 Å².